The Morgan fingerprint density at radius 1 is 1.42 bits per heavy atom. The quantitative estimate of drug-likeness (QED) is 0.844. The SMILES string of the molecule is C#Cc1cccc(-c2n[nH]c(C(=O)N3CCC(N(CC)CC)C3)c2C)c1. The molecule has 1 aliphatic rings. The number of benzene rings is 1. The van der Waals surface area contributed by atoms with Crippen molar-refractivity contribution in [3.63, 3.8) is 0 Å². The van der Waals surface area contributed by atoms with Crippen LogP contribution >= 0.6 is 0 Å². The summed E-state index contributed by atoms with van der Waals surface area (Å²) >= 11 is 0. The van der Waals surface area contributed by atoms with E-state index in [0.29, 0.717) is 11.7 Å². The molecule has 1 saturated heterocycles. The molecule has 3 rings (SSSR count). The topological polar surface area (TPSA) is 52.2 Å². The van der Waals surface area contributed by atoms with Gasteiger partial charge >= 0.3 is 0 Å². The van der Waals surface area contributed by atoms with Crippen molar-refractivity contribution >= 4 is 5.91 Å². The summed E-state index contributed by atoms with van der Waals surface area (Å²) in [5.41, 5.74) is 3.96. The molecule has 1 N–H and O–H groups in total. The van der Waals surface area contributed by atoms with Crippen molar-refractivity contribution in [2.75, 3.05) is 26.2 Å². The van der Waals surface area contributed by atoms with Gasteiger partial charge in [0, 0.05) is 35.8 Å². The van der Waals surface area contributed by atoms with Crippen molar-refractivity contribution in [1.29, 1.82) is 0 Å². The summed E-state index contributed by atoms with van der Waals surface area (Å²) in [5.74, 6) is 2.67. The lowest BCUT2D eigenvalue weighted by atomic mass is 10.0. The predicted octanol–water partition coefficient (Wildman–Crippen LogP) is 2.92. The maximum Gasteiger partial charge on any atom is 0.272 e. The van der Waals surface area contributed by atoms with Crippen molar-refractivity contribution in [1.82, 2.24) is 20.0 Å². The van der Waals surface area contributed by atoms with E-state index >= 15 is 0 Å². The Balaban J connectivity index is 1.80. The molecule has 5 heteroatoms. The average molecular weight is 350 g/mol. The number of aromatic amines is 1. The fourth-order valence-corrected chi connectivity index (χ4v) is 3.77. The number of likely N-dealkylation sites (N-methyl/N-ethyl adjacent to an activating group) is 1. The third-order valence-electron chi connectivity index (χ3n) is 5.31. The molecule has 1 aliphatic heterocycles. The van der Waals surface area contributed by atoms with Crippen LogP contribution in [0, 0.1) is 19.3 Å². The number of nitrogens with one attached hydrogen (secondary N) is 1. The molecule has 1 aromatic carbocycles. The van der Waals surface area contributed by atoms with E-state index in [1.54, 1.807) is 0 Å². The summed E-state index contributed by atoms with van der Waals surface area (Å²) in [7, 11) is 0. The first-order chi connectivity index (χ1) is 12.6. The van der Waals surface area contributed by atoms with E-state index in [-0.39, 0.29) is 5.91 Å². The Hall–Kier alpha value is -2.58. The molecular formula is C21H26N4O. The van der Waals surface area contributed by atoms with Gasteiger partial charge in [0.15, 0.2) is 0 Å². The van der Waals surface area contributed by atoms with Crippen LogP contribution in [0.4, 0.5) is 0 Å². The Morgan fingerprint density at radius 3 is 2.88 bits per heavy atom. The molecule has 0 bridgehead atoms. The van der Waals surface area contributed by atoms with Gasteiger partial charge in [-0.25, -0.2) is 0 Å². The third kappa shape index (κ3) is 3.38. The monoisotopic (exact) mass is 350 g/mol. The summed E-state index contributed by atoms with van der Waals surface area (Å²) in [6, 6.07) is 8.13. The van der Waals surface area contributed by atoms with Gasteiger partial charge in [0.05, 0.1) is 5.69 Å². The first kappa shape index (κ1) is 18.2. The highest BCUT2D eigenvalue weighted by Crippen LogP contribution is 2.26. The minimum absolute atomic E-state index is 0.0315. The molecule has 5 nitrogen and oxygen atoms in total. The first-order valence-corrected chi connectivity index (χ1v) is 9.24. The number of H-pyrrole nitrogens is 1. The summed E-state index contributed by atoms with van der Waals surface area (Å²) in [4.78, 5) is 17.3. The van der Waals surface area contributed by atoms with E-state index < -0.39 is 0 Å². The van der Waals surface area contributed by atoms with Crippen LogP contribution in [-0.4, -0.2) is 58.1 Å². The van der Waals surface area contributed by atoms with Crippen molar-refractivity contribution < 1.29 is 4.79 Å². The van der Waals surface area contributed by atoms with Crippen LogP contribution in [-0.2, 0) is 0 Å². The van der Waals surface area contributed by atoms with Crippen LogP contribution in [0.25, 0.3) is 11.3 Å². The maximum atomic E-state index is 13.0. The maximum absolute atomic E-state index is 13.0. The summed E-state index contributed by atoms with van der Waals surface area (Å²) < 4.78 is 0. The van der Waals surface area contributed by atoms with Gasteiger partial charge in [0.1, 0.15) is 5.69 Å². The van der Waals surface area contributed by atoms with Crippen LogP contribution in [0.1, 0.15) is 41.9 Å². The molecule has 2 aromatic rings. The smallest absolute Gasteiger partial charge is 0.272 e. The second kappa shape index (κ2) is 7.76. The van der Waals surface area contributed by atoms with Crippen molar-refractivity contribution in [3.8, 4) is 23.6 Å². The predicted molar refractivity (Wildman–Crippen MR) is 104 cm³/mol. The van der Waals surface area contributed by atoms with E-state index in [1.165, 1.54) is 0 Å². The summed E-state index contributed by atoms with van der Waals surface area (Å²) in [6.07, 6.45) is 6.51. The van der Waals surface area contributed by atoms with Crippen molar-refractivity contribution in [2.24, 2.45) is 0 Å². The Morgan fingerprint density at radius 2 is 2.19 bits per heavy atom. The average Bonchev–Trinajstić information content (AvgIpc) is 3.30. The lowest BCUT2D eigenvalue weighted by Crippen LogP contribution is -2.38. The molecule has 136 valence electrons. The lowest BCUT2D eigenvalue weighted by Gasteiger charge is -2.26. The van der Waals surface area contributed by atoms with E-state index in [9.17, 15) is 4.79 Å². The number of terminal acetylenes is 1. The number of rotatable bonds is 5. The number of aromatic nitrogens is 2. The zero-order valence-electron chi connectivity index (χ0n) is 15.7. The molecule has 0 aliphatic carbocycles. The van der Waals surface area contributed by atoms with Crippen LogP contribution < -0.4 is 0 Å². The highest BCUT2D eigenvalue weighted by Gasteiger charge is 2.31. The van der Waals surface area contributed by atoms with E-state index in [4.69, 9.17) is 6.42 Å². The molecule has 26 heavy (non-hydrogen) atoms. The molecule has 1 amide bonds. The molecular weight excluding hydrogens is 324 g/mol. The number of hydrogen-bond donors (Lipinski definition) is 1. The standard InChI is InChI=1S/C21H26N4O/c1-5-16-9-8-10-17(13-16)19-15(4)20(23-22-19)21(26)25-12-11-18(14-25)24(6-2)7-3/h1,8-10,13,18H,6-7,11-12,14H2,2-4H3,(H,22,23). The van der Waals surface area contributed by atoms with Gasteiger partial charge in [-0.05, 0) is 38.6 Å². The van der Waals surface area contributed by atoms with E-state index in [1.807, 2.05) is 36.1 Å². The normalized spacial score (nSPS) is 16.9. The minimum Gasteiger partial charge on any atom is -0.336 e. The lowest BCUT2D eigenvalue weighted by molar-refractivity contribution is 0.0771. The minimum atomic E-state index is 0.0315. The van der Waals surface area contributed by atoms with Crippen molar-refractivity contribution in [2.45, 2.75) is 33.2 Å². The second-order valence-electron chi connectivity index (χ2n) is 6.71. The number of likely N-dealkylation sites (tertiary alicyclic amines) is 1. The number of hydrogen-bond acceptors (Lipinski definition) is 3. The van der Waals surface area contributed by atoms with Gasteiger partial charge in [0.25, 0.3) is 5.91 Å². The molecule has 0 radical (unpaired) electrons. The van der Waals surface area contributed by atoms with Crippen LogP contribution in [0.15, 0.2) is 24.3 Å². The Bertz CT molecular complexity index is 829. The van der Waals surface area contributed by atoms with Crippen LogP contribution in [0.3, 0.4) is 0 Å². The van der Waals surface area contributed by atoms with Gasteiger partial charge < -0.3 is 4.90 Å². The largest absolute Gasteiger partial charge is 0.336 e. The number of nitrogens with zero attached hydrogens (tertiary/aromatic N) is 3. The third-order valence-corrected chi connectivity index (χ3v) is 5.31. The number of amides is 1. The molecule has 1 aromatic heterocycles. The van der Waals surface area contributed by atoms with E-state index in [0.717, 1.165) is 55.0 Å². The summed E-state index contributed by atoms with van der Waals surface area (Å²) in [5, 5.41) is 7.34. The van der Waals surface area contributed by atoms with Gasteiger partial charge in [-0.15, -0.1) is 6.42 Å². The highest BCUT2D eigenvalue weighted by atomic mass is 16.2. The van der Waals surface area contributed by atoms with Crippen LogP contribution in [0.2, 0.25) is 0 Å². The van der Waals surface area contributed by atoms with Gasteiger partial charge in [-0.1, -0.05) is 31.9 Å². The Labute approximate surface area is 155 Å². The fourth-order valence-electron chi connectivity index (χ4n) is 3.77. The second-order valence-corrected chi connectivity index (χ2v) is 6.71. The molecule has 1 unspecified atom stereocenters. The molecule has 1 fully saturated rings. The van der Waals surface area contributed by atoms with Crippen LogP contribution in [0.5, 0.6) is 0 Å². The molecule has 1 atom stereocenters. The molecule has 2 heterocycles. The Kier molecular flexibility index (Phi) is 5.43. The van der Waals surface area contributed by atoms with Gasteiger partial charge in [-0.2, -0.15) is 5.10 Å². The zero-order valence-corrected chi connectivity index (χ0v) is 15.7. The van der Waals surface area contributed by atoms with E-state index in [2.05, 4.69) is 34.9 Å². The van der Waals surface area contributed by atoms with Gasteiger partial charge in [-0.3, -0.25) is 14.8 Å². The number of carbonyl (C=O) groups is 1. The van der Waals surface area contributed by atoms with Crippen molar-refractivity contribution in [3.05, 3.63) is 41.1 Å². The van der Waals surface area contributed by atoms with Gasteiger partial charge in [0.2, 0.25) is 0 Å². The molecule has 0 spiro atoms. The first-order valence-electron chi connectivity index (χ1n) is 9.24. The zero-order chi connectivity index (χ0) is 18.7. The summed E-state index contributed by atoms with van der Waals surface area (Å²) in [6.45, 7) is 9.88. The fraction of sp³-hybridized carbons (Fsp3) is 0.429. The highest BCUT2D eigenvalue weighted by molar-refractivity contribution is 5.95. The number of carbonyl (C=O) groups excluding carboxylic acids is 1. The molecule has 0 saturated carbocycles.